The van der Waals surface area contributed by atoms with Crippen molar-refractivity contribution in [2.45, 2.75) is 50.4 Å². The molecule has 1 N–H and O–H groups in total. The highest BCUT2D eigenvalue weighted by Gasteiger charge is 2.37. The van der Waals surface area contributed by atoms with Gasteiger partial charge in [0.2, 0.25) is 0 Å². The molecule has 0 aromatic rings. The van der Waals surface area contributed by atoms with Gasteiger partial charge in [-0.3, -0.25) is 4.79 Å². The van der Waals surface area contributed by atoms with E-state index in [0.717, 1.165) is 19.3 Å². The van der Waals surface area contributed by atoms with Crippen LogP contribution < -0.4 is 0 Å². The Morgan fingerprint density at radius 3 is 2.67 bits per heavy atom. The van der Waals surface area contributed by atoms with E-state index >= 15 is 0 Å². The van der Waals surface area contributed by atoms with E-state index < -0.39 is 11.9 Å². The molecule has 86 valence electrons. The predicted molar refractivity (Wildman–Crippen MR) is 53.4 cm³/mol. The van der Waals surface area contributed by atoms with Crippen molar-refractivity contribution >= 4 is 5.78 Å². The van der Waals surface area contributed by atoms with Gasteiger partial charge < -0.3 is 14.6 Å². The van der Waals surface area contributed by atoms with E-state index in [0.29, 0.717) is 32.5 Å². The Labute approximate surface area is 89.6 Å². The molecule has 1 aliphatic heterocycles. The van der Waals surface area contributed by atoms with Gasteiger partial charge in [0.1, 0.15) is 6.10 Å². The van der Waals surface area contributed by atoms with E-state index in [-0.39, 0.29) is 5.78 Å². The number of Topliss-reactive ketones (excluding diaryl/α,β-unsaturated/α-hetero) is 1. The van der Waals surface area contributed by atoms with Gasteiger partial charge in [0, 0.05) is 19.3 Å². The Balaban J connectivity index is 2.00. The van der Waals surface area contributed by atoms with Crippen molar-refractivity contribution in [1.82, 2.24) is 0 Å². The van der Waals surface area contributed by atoms with Crippen LogP contribution in [-0.4, -0.2) is 36.0 Å². The molecule has 4 nitrogen and oxygen atoms in total. The zero-order valence-electron chi connectivity index (χ0n) is 8.91. The molecule has 1 saturated carbocycles. The average Bonchev–Trinajstić information content (AvgIpc) is 2.70. The lowest BCUT2D eigenvalue weighted by molar-refractivity contribution is -0.169. The zero-order valence-corrected chi connectivity index (χ0v) is 8.91. The summed E-state index contributed by atoms with van der Waals surface area (Å²) >= 11 is 0. The summed E-state index contributed by atoms with van der Waals surface area (Å²) in [5.74, 6) is -0.602. The third kappa shape index (κ3) is 2.56. The molecule has 0 aromatic heterocycles. The predicted octanol–water partition coefficient (Wildman–Crippen LogP) is 1.01. The van der Waals surface area contributed by atoms with E-state index in [4.69, 9.17) is 9.47 Å². The minimum Gasteiger partial charge on any atom is -0.385 e. The van der Waals surface area contributed by atoms with E-state index in [1.807, 2.05) is 0 Å². The normalized spacial score (nSPS) is 32.3. The van der Waals surface area contributed by atoms with Crippen LogP contribution in [0.4, 0.5) is 0 Å². The van der Waals surface area contributed by atoms with Crippen molar-refractivity contribution in [1.29, 1.82) is 0 Å². The molecule has 1 heterocycles. The molecule has 1 atom stereocenters. The molecular weight excluding hydrogens is 196 g/mol. The van der Waals surface area contributed by atoms with Crippen LogP contribution in [0.25, 0.3) is 0 Å². The number of carbonyl (C=O) groups excluding carboxylic acids is 1. The number of rotatable bonds is 0. The molecule has 0 amide bonds. The highest BCUT2D eigenvalue weighted by Crippen LogP contribution is 2.32. The molecule has 1 spiro atoms. The molecule has 4 heteroatoms. The SMILES string of the molecule is O=C1CCC2(CCCCC1O)OCCO2. The minimum atomic E-state index is -0.776. The van der Waals surface area contributed by atoms with Crippen LogP contribution in [0.5, 0.6) is 0 Å². The highest BCUT2D eigenvalue weighted by molar-refractivity contribution is 5.82. The molecule has 2 fully saturated rings. The van der Waals surface area contributed by atoms with Gasteiger partial charge in [-0.1, -0.05) is 6.42 Å². The van der Waals surface area contributed by atoms with Crippen molar-refractivity contribution in [2.24, 2.45) is 0 Å². The Morgan fingerprint density at radius 2 is 1.93 bits per heavy atom. The number of hydrogen-bond donors (Lipinski definition) is 1. The smallest absolute Gasteiger partial charge is 0.168 e. The highest BCUT2D eigenvalue weighted by atomic mass is 16.7. The third-order valence-electron chi connectivity index (χ3n) is 3.22. The molecule has 1 aliphatic carbocycles. The number of ketones is 1. The molecule has 2 aliphatic rings. The lowest BCUT2D eigenvalue weighted by Gasteiger charge is -2.26. The zero-order chi connectivity index (χ0) is 10.7. The maximum atomic E-state index is 11.5. The molecule has 0 aromatic carbocycles. The van der Waals surface area contributed by atoms with Crippen molar-refractivity contribution in [3.63, 3.8) is 0 Å². The van der Waals surface area contributed by atoms with Gasteiger partial charge in [-0.15, -0.1) is 0 Å². The number of carbonyl (C=O) groups is 1. The summed E-state index contributed by atoms with van der Waals surface area (Å²) in [6.45, 7) is 1.24. The monoisotopic (exact) mass is 214 g/mol. The quantitative estimate of drug-likeness (QED) is 0.654. The molecule has 0 bridgehead atoms. The van der Waals surface area contributed by atoms with Crippen molar-refractivity contribution < 1.29 is 19.4 Å². The van der Waals surface area contributed by atoms with Crippen LogP contribution in [0, 0.1) is 0 Å². The third-order valence-corrected chi connectivity index (χ3v) is 3.22. The first kappa shape index (κ1) is 11.0. The van der Waals surface area contributed by atoms with E-state index in [1.54, 1.807) is 0 Å². The summed E-state index contributed by atoms with van der Waals surface area (Å²) in [7, 11) is 0. The lowest BCUT2D eigenvalue weighted by Crippen LogP contribution is -2.31. The fourth-order valence-corrected chi connectivity index (χ4v) is 2.28. The van der Waals surface area contributed by atoms with E-state index in [1.165, 1.54) is 0 Å². The summed E-state index contributed by atoms with van der Waals surface area (Å²) in [5, 5.41) is 9.51. The number of aliphatic hydroxyl groups excluding tert-OH is 1. The van der Waals surface area contributed by atoms with Crippen molar-refractivity contribution in [3.05, 3.63) is 0 Å². The molecule has 1 unspecified atom stereocenters. The Morgan fingerprint density at radius 1 is 1.20 bits per heavy atom. The molecule has 1 saturated heterocycles. The molecular formula is C11H18O4. The average molecular weight is 214 g/mol. The van der Waals surface area contributed by atoms with Gasteiger partial charge in [0.15, 0.2) is 11.6 Å². The Bertz CT molecular complexity index is 233. The number of aliphatic hydroxyl groups is 1. The molecule has 0 radical (unpaired) electrons. The van der Waals surface area contributed by atoms with E-state index in [2.05, 4.69) is 0 Å². The second kappa shape index (κ2) is 4.60. The second-order valence-electron chi connectivity index (χ2n) is 4.34. The van der Waals surface area contributed by atoms with Crippen molar-refractivity contribution in [2.75, 3.05) is 13.2 Å². The number of hydrogen-bond acceptors (Lipinski definition) is 4. The molecule has 15 heavy (non-hydrogen) atoms. The summed E-state index contributed by atoms with van der Waals surface area (Å²) in [5.41, 5.74) is 0. The summed E-state index contributed by atoms with van der Waals surface area (Å²) in [6.07, 6.45) is 3.40. The van der Waals surface area contributed by atoms with Crippen molar-refractivity contribution in [3.8, 4) is 0 Å². The summed E-state index contributed by atoms with van der Waals surface area (Å²) < 4.78 is 11.2. The van der Waals surface area contributed by atoms with Crippen LogP contribution in [0.2, 0.25) is 0 Å². The molecule has 2 rings (SSSR count). The first-order chi connectivity index (χ1) is 7.22. The van der Waals surface area contributed by atoms with Crippen LogP contribution in [0.15, 0.2) is 0 Å². The van der Waals surface area contributed by atoms with Crippen LogP contribution in [0.1, 0.15) is 38.5 Å². The standard InChI is InChI=1S/C11H18O4/c12-9-3-1-2-5-11(6-4-10(9)13)14-7-8-15-11/h9,12H,1-8H2. The van der Waals surface area contributed by atoms with Crippen LogP contribution >= 0.6 is 0 Å². The Kier molecular flexibility index (Phi) is 3.38. The van der Waals surface area contributed by atoms with Gasteiger partial charge in [0.05, 0.1) is 13.2 Å². The topological polar surface area (TPSA) is 55.8 Å². The van der Waals surface area contributed by atoms with Gasteiger partial charge in [-0.2, -0.15) is 0 Å². The first-order valence-electron chi connectivity index (χ1n) is 5.71. The minimum absolute atomic E-state index is 0.0737. The van der Waals surface area contributed by atoms with Crippen LogP contribution in [0.3, 0.4) is 0 Å². The maximum Gasteiger partial charge on any atom is 0.168 e. The fourth-order valence-electron chi connectivity index (χ4n) is 2.28. The largest absolute Gasteiger partial charge is 0.385 e. The van der Waals surface area contributed by atoms with E-state index in [9.17, 15) is 9.90 Å². The Hall–Kier alpha value is -0.450. The summed E-state index contributed by atoms with van der Waals surface area (Å²) in [6, 6.07) is 0. The lowest BCUT2D eigenvalue weighted by atomic mass is 10.0. The fraction of sp³-hybridized carbons (Fsp3) is 0.909. The first-order valence-corrected chi connectivity index (χ1v) is 5.71. The maximum absolute atomic E-state index is 11.5. The van der Waals surface area contributed by atoms with Gasteiger partial charge in [-0.05, 0) is 12.8 Å². The summed E-state index contributed by atoms with van der Waals surface area (Å²) in [4.78, 5) is 11.5. The van der Waals surface area contributed by atoms with Gasteiger partial charge >= 0.3 is 0 Å². The number of ether oxygens (including phenoxy) is 2. The second-order valence-corrected chi connectivity index (χ2v) is 4.34. The van der Waals surface area contributed by atoms with Crippen LogP contribution in [-0.2, 0) is 14.3 Å². The van der Waals surface area contributed by atoms with Gasteiger partial charge in [0.25, 0.3) is 0 Å². The van der Waals surface area contributed by atoms with Gasteiger partial charge in [-0.25, -0.2) is 0 Å².